The highest BCUT2D eigenvalue weighted by Crippen LogP contribution is 2.50. The fourth-order valence-electron chi connectivity index (χ4n) is 9.61. The molecule has 0 fully saturated rings. The summed E-state index contributed by atoms with van der Waals surface area (Å²) in [6, 6.07) is 73.9. The maximum absolute atomic E-state index is 2.54. The van der Waals surface area contributed by atoms with Gasteiger partial charge in [-0.3, -0.25) is 0 Å². The number of aromatic nitrogens is 1. The van der Waals surface area contributed by atoms with Crippen molar-refractivity contribution in [3.63, 3.8) is 0 Å². The van der Waals surface area contributed by atoms with Crippen LogP contribution in [-0.4, -0.2) is 4.57 Å². The molecule has 0 unspecified atom stereocenters. The molecule has 0 spiro atoms. The van der Waals surface area contributed by atoms with Crippen LogP contribution >= 0.6 is 0 Å². The summed E-state index contributed by atoms with van der Waals surface area (Å²) < 4.78 is 2.40. The smallest absolute Gasteiger partial charge is 0.0618 e. The Hall–Kier alpha value is -6.90. The van der Waals surface area contributed by atoms with Crippen molar-refractivity contribution in [2.45, 2.75) is 45.4 Å². The highest BCUT2D eigenvalue weighted by atomic mass is 15.1. The van der Waals surface area contributed by atoms with E-state index in [1.165, 1.54) is 76.9 Å². The lowest BCUT2D eigenvalue weighted by Crippen LogP contribution is -2.12. The van der Waals surface area contributed by atoms with Gasteiger partial charge in [0.1, 0.15) is 0 Å². The van der Waals surface area contributed by atoms with Gasteiger partial charge in [-0.2, -0.15) is 0 Å². The molecule has 10 aromatic rings. The van der Waals surface area contributed by atoms with Gasteiger partial charge in [0.15, 0.2) is 0 Å². The number of para-hydroxylation sites is 3. The van der Waals surface area contributed by atoms with Gasteiger partial charge in [0.2, 0.25) is 0 Å². The van der Waals surface area contributed by atoms with E-state index in [1.54, 1.807) is 0 Å². The summed E-state index contributed by atoms with van der Waals surface area (Å²) in [6.07, 6.45) is 4.58. The second-order valence-electron chi connectivity index (χ2n) is 15.8. The predicted molar refractivity (Wildman–Crippen MR) is 254 cm³/mol. The third kappa shape index (κ3) is 6.55. The van der Waals surface area contributed by atoms with E-state index >= 15 is 0 Å². The van der Waals surface area contributed by atoms with Crippen LogP contribution in [0.2, 0.25) is 0 Å². The summed E-state index contributed by atoms with van der Waals surface area (Å²) in [6.45, 7) is 4.68. The zero-order valence-electron chi connectivity index (χ0n) is 33.9. The largest absolute Gasteiger partial charge is 0.309 e. The van der Waals surface area contributed by atoms with Crippen LogP contribution < -0.4 is 4.90 Å². The lowest BCUT2D eigenvalue weighted by atomic mass is 9.81. The van der Waals surface area contributed by atoms with Gasteiger partial charge in [-0.25, -0.2) is 0 Å². The Morgan fingerprint density at radius 2 is 0.932 bits per heavy atom. The Kier molecular flexibility index (Phi) is 9.76. The fraction of sp³-hybridized carbons (Fsp3) is 0.123. The van der Waals surface area contributed by atoms with E-state index in [4.69, 9.17) is 0 Å². The number of fused-ring (bicyclic) bond motifs is 5. The van der Waals surface area contributed by atoms with Crippen LogP contribution in [0, 0.1) is 0 Å². The molecule has 59 heavy (non-hydrogen) atoms. The number of benzene rings is 9. The molecule has 0 radical (unpaired) electrons. The molecular formula is C57H48N2. The first-order valence-electron chi connectivity index (χ1n) is 21.3. The topological polar surface area (TPSA) is 8.17 Å². The maximum Gasteiger partial charge on any atom is 0.0618 e. The summed E-state index contributed by atoms with van der Waals surface area (Å²) in [7, 11) is 0. The summed E-state index contributed by atoms with van der Waals surface area (Å²) in [5.41, 5.74) is 13.4. The van der Waals surface area contributed by atoms with Crippen molar-refractivity contribution < 1.29 is 0 Å². The number of anilines is 3. The van der Waals surface area contributed by atoms with Gasteiger partial charge in [0.25, 0.3) is 0 Å². The third-order valence-electron chi connectivity index (χ3n) is 12.2. The second-order valence-corrected chi connectivity index (χ2v) is 15.8. The fourth-order valence-corrected chi connectivity index (χ4v) is 9.61. The van der Waals surface area contributed by atoms with Gasteiger partial charge in [-0.15, -0.1) is 0 Å². The Morgan fingerprint density at radius 3 is 1.58 bits per heavy atom. The van der Waals surface area contributed by atoms with E-state index in [1.807, 2.05) is 0 Å². The van der Waals surface area contributed by atoms with E-state index in [-0.39, 0.29) is 0 Å². The van der Waals surface area contributed by atoms with Gasteiger partial charge >= 0.3 is 0 Å². The molecule has 9 aromatic carbocycles. The third-order valence-corrected chi connectivity index (χ3v) is 12.2. The molecule has 286 valence electrons. The van der Waals surface area contributed by atoms with Crippen LogP contribution in [0.5, 0.6) is 0 Å². The Labute approximate surface area is 347 Å². The molecule has 0 aliphatic heterocycles. The molecule has 1 aromatic heterocycles. The average Bonchev–Trinajstić information content (AvgIpc) is 3.63. The van der Waals surface area contributed by atoms with Crippen LogP contribution in [0.1, 0.15) is 51.0 Å². The van der Waals surface area contributed by atoms with Gasteiger partial charge in [0.05, 0.1) is 16.7 Å². The van der Waals surface area contributed by atoms with Crippen LogP contribution in [0.25, 0.3) is 71.3 Å². The van der Waals surface area contributed by atoms with Crippen molar-refractivity contribution in [2.24, 2.45) is 0 Å². The maximum atomic E-state index is 2.54. The molecule has 2 nitrogen and oxygen atoms in total. The zero-order valence-corrected chi connectivity index (χ0v) is 33.9. The van der Waals surface area contributed by atoms with Crippen molar-refractivity contribution in [1.82, 2.24) is 4.57 Å². The monoisotopic (exact) mass is 760 g/mol. The van der Waals surface area contributed by atoms with Crippen molar-refractivity contribution in [3.05, 3.63) is 206 Å². The minimum atomic E-state index is 0.434. The van der Waals surface area contributed by atoms with Crippen LogP contribution in [0.4, 0.5) is 17.1 Å². The highest BCUT2D eigenvalue weighted by molar-refractivity contribution is 6.19. The normalized spacial score (nSPS) is 11.6. The van der Waals surface area contributed by atoms with E-state index < -0.39 is 0 Å². The molecule has 0 saturated heterocycles. The molecule has 1 heterocycles. The van der Waals surface area contributed by atoms with Gasteiger partial charge in [-0.05, 0) is 118 Å². The van der Waals surface area contributed by atoms with Crippen LogP contribution in [0.3, 0.4) is 0 Å². The molecule has 0 aliphatic carbocycles. The number of nitrogens with zero attached hydrogens (tertiary/aromatic N) is 2. The van der Waals surface area contributed by atoms with Gasteiger partial charge in [-0.1, -0.05) is 166 Å². The molecule has 0 amide bonds. The van der Waals surface area contributed by atoms with Gasteiger partial charge in [0, 0.05) is 38.6 Å². The summed E-state index contributed by atoms with van der Waals surface area (Å²) in [5.74, 6) is 0.434. The molecular weight excluding hydrogens is 713 g/mol. The standard InChI is InChI=1S/C57H48N2/c1-3-19-42(20-4-2)56-49-34-31-44(41-23-11-6-12-24-41)38-53(49)57(50-35-32-43(37-52(50)56)40-21-9-5-10-22-40)58(45-25-13-7-14-26-45)47-33-36-55-51(39-47)48-29-17-18-30-54(48)59(55)46-27-15-8-16-28-46/h5-18,21-39,42H,3-4,19-20H2,1-2H3. The first-order valence-corrected chi connectivity index (χ1v) is 21.3. The summed E-state index contributed by atoms with van der Waals surface area (Å²) in [5, 5.41) is 7.70. The van der Waals surface area contributed by atoms with E-state index in [0.717, 1.165) is 42.7 Å². The lowest BCUT2D eigenvalue weighted by molar-refractivity contribution is 0.567. The number of rotatable bonds is 11. The van der Waals surface area contributed by atoms with Crippen molar-refractivity contribution in [2.75, 3.05) is 4.90 Å². The average molecular weight is 761 g/mol. The SMILES string of the molecule is CCCC(CCC)c1c2cc(-c3ccccc3)ccc2c(N(c2ccccc2)c2ccc3c(c2)c2ccccc2n3-c2ccccc2)c2cc(-c3ccccc3)ccc12. The second kappa shape index (κ2) is 15.8. The molecule has 0 atom stereocenters. The first-order chi connectivity index (χ1) is 29.2. The molecule has 0 saturated carbocycles. The molecule has 0 N–H and O–H groups in total. The highest BCUT2D eigenvalue weighted by Gasteiger charge is 2.26. The number of hydrogen-bond donors (Lipinski definition) is 0. The van der Waals surface area contributed by atoms with Crippen molar-refractivity contribution in [1.29, 1.82) is 0 Å². The molecule has 2 heteroatoms. The first kappa shape index (κ1) is 36.4. The van der Waals surface area contributed by atoms with Crippen LogP contribution in [0.15, 0.2) is 200 Å². The van der Waals surface area contributed by atoms with E-state index in [2.05, 4.69) is 224 Å². The molecule has 0 aliphatic rings. The number of hydrogen-bond acceptors (Lipinski definition) is 1. The van der Waals surface area contributed by atoms with Gasteiger partial charge < -0.3 is 9.47 Å². The quantitative estimate of drug-likeness (QED) is 0.119. The van der Waals surface area contributed by atoms with E-state index in [9.17, 15) is 0 Å². The summed E-state index contributed by atoms with van der Waals surface area (Å²) in [4.78, 5) is 2.54. The minimum absolute atomic E-state index is 0.434. The minimum Gasteiger partial charge on any atom is -0.309 e. The van der Waals surface area contributed by atoms with E-state index in [0.29, 0.717) is 5.92 Å². The Balaban J connectivity index is 1.33. The Bertz CT molecular complexity index is 3050. The predicted octanol–water partition coefficient (Wildman–Crippen LogP) is 16.6. The van der Waals surface area contributed by atoms with Crippen molar-refractivity contribution >= 4 is 60.4 Å². The lowest BCUT2D eigenvalue weighted by Gasteiger charge is -2.31. The Morgan fingerprint density at radius 1 is 0.390 bits per heavy atom. The zero-order chi connectivity index (χ0) is 39.7. The molecule has 10 rings (SSSR count). The summed E-state index contributed by atoms with van der Waals surface area (Å²) >= 11 is 0. The van der Waals surface area contributed by atoms with Crippen molar-refractivity contribution in [3.8, 4) is 27.9 Å². The van der Waals surface area contributed by atoms with Crippen LogP contribution in [-0.2, 0) is 0 Å². The molecule has 0 bridgehead atoms.